The number of nitrogens with one attached hydrogen (secondary N) is 1. The highest BCUT2D eigenvalue weighted by molar-refractivity contribution is 6.33. The molecule has 1 aromatic carbocycles. The summed E-state index contributed by atoms with van der Waals surface area (Å²) in [5.41, 5.74) is 2.64. The third-order valence-corrected chi connectivity index (χ3v) is 3.68. The molecule has 0 bridgehead atoms. The molecular weight excluding hydrogens is 333 g/mol. The number of hydrogen-bond acceptors (Lipinski definition) is 3. The molecule has 3 rings (SSSR count). The molecule has 114 valence electrons. The molecule has 2 aromatic heterocycles. The number of aromatic nitrogens is 2. The summed E-state index contributed by atoms with van der Waals surface area (Å²) in [5, 5.41) is 3.65. The lowest BCUT2D eigenvalue weighted by molar-refractivity contribution is 0.102. The lowest BCUT2D eigenvalue weighted by atomic mass is 10.1. The van der Waals surface area contributed by atoms with Gasteiger partial charge in [0.25, 0.3) is 5.91 Å². The lowest BCUT2D eigenvalue weighted by Crippen LogP contribution is -2.11. The quantitative estimate of drug-likeness (QED) is 0.701. The topological polar surface area (TPSA) is 54.9 Å². The number of carbonyl (C=O) groups excluding carboxylic acids is 1. The molecule has 0 spiro atoms. The van der Waals surface area contributed by atoms with E-state index in [-0.39, 0.29) is 5.91 Å². The van der Waals surface area contributed by atoms with Gasteiger partial charge in [-0.15, -0.1) is 0 Å². The molecule has 6 heteroatoms. The number of rotatable bonds is 3. The van der Waals surface area contributed by atoms with Gasteiger partial charge in [-0.3, -0.25) is 9.78 Å². The first-order chi connectivity index (χ1) is 11.1. The maximum atomic E-state index is 12.2. The maximum Gasteiger partial charge on any atom is 0.255 e. The van der Waals surface area contributed by atoms with E-state index in [4.69, 9.17) is 23.2 Å². The fourth-order valence-electron chi connectivity index (χ4n) is 2.06. The van der Waals surface area contributed by atoms with E-state index in [1.807, 2.05) is 12.1 Å². The van der Waals surface area contributed by atoms with Crippen molar-refractivity contribution in [3.63, 3.8) is 0 Å². The van der Waals surface area contributed by atoms with Gasteiger partial charge >= 0.3 is 0 Å². The summed E-state index contributed by atoms with van der Waals surface area (Å²) in [6.45, 7) is 0. The van der Waals surface area contributed by atoms with Gasteiger partial charge in [-0.1, -0.05) is 35.3 Å². The molecule has 1 N–H and O–H groups in total. The number of hydrogen-bond donors (Lipinski definition) is 1. The second-order valence-corrected chi connectivity index (χ2v) is 5.53. The third kappa shape index (κ3) is 3.67. The van der Waals surface area contributed by atoms with Crippen molar-refractivity contribution in [1.29, 1.82) is 0 Å². The lowest BCUT2D eigenvalue weighted by Gasteiger charge is -2.07. The first-order valence-corrected chi connectivity index (χ1v) is 7.53. The zero-order valence-electron chi connectivity index (χ0n) is 11.8. The summed E-state index contributed by atoms with van der Waals surface area (Å²) < 4.78 is 0. The van der Waals surface area contributed by atoms with Gasteiger partial charge in [0, 0.05) is 29.2 Å². The molecule has 0 unspecified atom stereocenters. The second-order valence-electron chi connectivity index (χ2n) is 4.73. The van der Waals surface area contributed by atoms with Gasteiger partial charge in [0.15, 0.2) is 0 Å². The smallest absolute Gasteiger partial charge is 0.255 e. The summed E-state index contributed by atoms with van der Waals surface area (Å²) in [6, 6.07) is 13.9. The van der Waals surface area contributed by atoms with E-state index in [9.17, 15) is 4.79 Å². The zero-order chi connectivity index (χ0) is 16.2. The van der Waals surface area contributed by atoms with Crippen LogP contribution in [0.3, 0.4) is 0 Å². The zero-order valence-corrected chi connectivity index (χ0v) is 13.3. The first-order valence-electron chi connectivity index (χ1n) is 6.77. The molecule has 0 aliphatic rings. The predicted octanol–water partition coefficient (Wildman–Crippen LogP) is 4.70. The Hall–Kier alpha value is -2.43. The molecule has 0 atom stereocenters. The highest BCUT2D eigenvalue weighted by atomic mass is 35.5. The minimum absolute atomic E-state index is 0.231. The summed E-state index contributed by atoms with van der Waals surface area (Å²) >= 11 is 11.9. The fourth-order valence-corrected chi connectivity index (χ4v) is 2.47. The standard InChI is InChI=1S/C17H11Cl2N3O/c18-14-2-1-8-21-16(14)11-3-5-12(6-4-11)17(23)22-13-7-9-20-15(19)10-13/h1-10H,(H,20,22,23). The molecule has 0 saturated heterocycles. The van der Waals surface area contributed by atoms with E-state index < -0.39 is 0 Å². The summed E-state index contributed by atoms with van der Waals surface area (Å²) in [5.74, 6) is -0.231. The molecule has 2 heterocycles. The van der Waals surface area contributed by atoms with Crippen LogP contribution in [0.2, 0.25) is 10.2 Å². The average molecular weight is 344 g/mol. The van der Waals surface area contributed by atoms with E-state index in [1.165, 1.54) is 6.20 Å². The van der Waals surface area contributed by atoms with E-state index in [1.54, 1.807) is 42.6 Å². The van der Waals surface area contributed by atoms with Gasteiger partial charge in [-0.25, -0.2) is 4.98 Å². The van der Waals surface area contributed by atoms with Gasteiger partial charge in [0.2, 0.25) is 0 Å². The van der Waals surface area contributed by atoms with Crippen molar-refractivity contribution >= 4 is 34.8 Å². The first kappa shape index (κ1) is 15.5. The Kier molecular flexibility index (Phi) is 4.55. The van der Waals surface area contributed by atoms with E-state index in [0.29, 0.717) is 27.1 Å². The van der Waals surface area contributed by atoms with Crippen LogP contribution in [0.1, 0.15) is 10.4 Å². The van der Waals surface area contributed by atoms with Crippen molar-refractivity contribution < 1.29 is 4.79 Å². The molecule has 23 heavy (non-hydrogen) atoms. The molecule has 4 nitrogen and oxygen atoms in total. The van der Waals surface area contributed by atoms with E-state index in [2.05, 4.69) is 15.3 Å². The number of amides is 1. The Labute approximate surface area is 143 Å². The molecule has 3 aromatic rings. The number of halogens is 2. The Balaban J connectivity index is 1.79. The van der Waals surface area contributed by atoms with Crippen LogP contribution in [-0.4, -0.2) is 15.9 Å². The average Bonchev–Trinajstić information content (AvgIpc) is 2.55. The van der Waals surface area contributed by atoms with Crippen molar-refractivity contribution in [2.75, 3.05) is 5.32 Å². The van der Waals surface area contributed by atoms with Crippen LogP contribution >= 0.6 is 23.2 Å². The largest absolute Gasteiger partial charge is 0.322 e. The normalized spacial score (nSPS) is 10.3. The number of nitrogens with zero attached hydrogens (tertiary/aromatic N) is 2. The third-order valence-electron chi connectivity index (χ3n) is 3.16. The fraction of sp³-hybridized carbons (Fsp3) is 0. The van der Waals surface area contributed by atoms with Crippen LogP contribution in [0.15, 0.2) is 60.9 Å². The van der Waals surface area contributed by atoms with Crippen molar-refractivity contribution in [2.45, 2.75) is 0 Å². The van der Waals surface area contributed by atoms with Gasteiger partial charge in [-0.2, -0.15) is 0 Å². The van der Waals surface area contributed by atoms with Gasteiger partial charge in [0.05, 0.1) is 10.7 Å². The molecule has 1 amide bonds. The molecular formula is C17H11Cl2N3O. The van der Waals surface area contributed by atoms with Crippen LogP contribution in [-0.2, 0) is 0 Å². The molecule has 0 aliphatic carbocycles. The number of benzene rings is 1. The number of carbonyl (C=O) groups is 1. The monoisotopic (exact) mass is 343 g/mol. The highest BCUT2D eigenvalue weighted by Crippen LogP contribution is 2.25. The van der Waals surface area contributed by atoms with E-state index in [0.717, 1.165) is 5.56 Å². The molecule has 0 saturated carbocycles. The van der Waals surface area contributed by atoms with Crippen molar-refractivity contribution in [2.24, 2.45) is 0 Å². The second kappa shape index (κ2) is 6.77. The van der Waals surface area contributed by atoms with Crippen LogP contribution in [0.25, 0.3) is 11.3 Å². The minimum atomic E-state index is -0.231. The number of anilines is 1. The Morgan fingerprint density at radius 1 is 0.957 bits per heavy atom. The minimum Gasteiger partial charge on any atom is -0.322 e. The van der Waals surface area contributed by atoms with Crippen LogP contribution in [0, 0.1) is 0 Å². The van der Waals surface area contributed by atoms with Crippen molar-refractivity contribution in [1.82, 2.24) is 9.97 Å². The number of pyridine rings is 2. The Morgan fingerprint density at radius 3 is 2.43 bits per heavy atom. The van der Waals surface area contributed by atoms with Crippen molar-refractivity contribution in [3.05, 3.63) is 76.7 Å². The maximum absolute atomic E-state index is 12.2. The summed E-state index contributed by atoms with van der Waals surface area (Å²) in [6.07, 6.45) is 3.21. The van der Waals surface area contributed by atoms with Crippen LogP contribution in [0.4, 0.5) is 5.69 Å². The summed E-state index contributed by atoms with van der Waals surface area (Å²) in [4.78, 5) is 20.3. The van der Waals surface area contributed by atoms with Crippen LogP contribution < -0.4 is 5.32 Å². The van der Waals surface area contributed by atoms with Crippen LogP contribution in [0.5, 0.6) is 0 Å². The molecule has 0 fully saturated rings. The molecule has 0 aliphatic heterocycles. The Bertz CT molecular complexity index is 850. The van der Waals surface area contributed by atoms with Gasteiger partial charge < -0.3 is 5.32 Å². The van der Waals surface area contributed by atoms with Gasteiger partial charge in [0.1, 0.15) is 5.15 Å². The summed E-state index contributed by atoms with van der Waals surface area (Å²) in [7, 11) is 0. The predicted molar refractivity (Wildman–Crippen MR) is 91.9 cm³/mol. The SMILES string of the molecule is O=C(Nc1ccnc(Cl)c1)c1ccc(-c2ncccc2Cl)cc1. The van der Waals surface area contributed by atoms with Gasteiger partial charge in [-0.05, 0) is 36.4 Å². The highest BCUT2D eigenvalue weighted by Gasteiger charge is 2.09. The van der Waals surface area contributed by atoms with E-state index >= 15 is 0 Å². The molecule has 0 radical (unpaired) electrons. The Morgan fingerprint density at radius 2 is 1.74 bits per heavy atom. The van der Waals surface area contributed by atoms with Crippen molar-refractivity contribution in [3.8, 4) is 11.3 Å².